The Morgan fingerprint density at radius 3 is 2.94 bits per heavy atom. The number of benzene rings is 1. The number of methoxy groups -OCH3 is 1. The molecule has 0 heterocycles. The Balaban J connectivity index is 2.62. The van der Waals surface area contributed by atoms with Crippen molar-refractivity contribution < 1.29 is 9.53 Å². The largest absolute Gasteiger partial charge is 0.468 e. The molecule has 1 aliphatic rings. The van der Waals surface area contributed by atoms with Crippen LogP contribution in [0.15, 0.2) is 43.0 Å². The zero-order valence-corrected chi connectivity index (χ0v) is 9.27. The van der Waals surface area contributed by atoms with Gasteiger partial charge in [0, 0.05) is 0 Å². The van der Waals surface area contributed by atoms with E-state index in [1.165, 1.54) is 7.11 Å². The average Bonchev–Trinajstić information content (AvgIpc) is 2.37. The highest BCUT2D eigenvalue weighted by Gasteiger charge is 2.40. The van der Waals surface area contributed by atoms with Gasteiger partial charge in [-0.05, 0) is 17.5 Å². The minimum atomic E-state index is -0.722. The molecule has 1 atom stereocenters. The fourth-order valence-corrected chi connectivity index (χ4v) is 2.18. The molecule has 0 radical (unpaired) electrons. The first kappa shape index (κ1) is 10.7. The Bertz CT molecular complexity index is 460. The maximum atomic E-state index is 12.0. The molecule has 0 saturated heterocycles. The van der Waals surface area contributed by atoms with E-state index in [1.54, 1.807) is 6.08 Å². The van der Waals surface area contributed by atoms with Gasteiger partial charge in [0.25, 0.3) is 0 Å². The summed E-state index contributed by atoms with van der Waals surface area (Å²) in [5.74, 6) is -0.251. The van der Waals surface area contributed by atoms with Gasteiger partial charge < -0.3 is 4.74 Å². The molecule has 1 aliphatic carbocycles. The smallest absolute Gasteiger partial charge is 0.320 e. The quantitative estimate of drug-likeness (QED) is 0.559. The van der Waals surface area contributed by atoms with Gasteiger partial charge in [-0.25, -0.2) is 0 Å². The molecule has 1 aromatic rings. The number of ether oxygens (including phenoxy) is 1. The third kappa shape index (κ3) is 1.38. The van der Waals surface area contributed by atoms with E-state index >= 15 is 0 Å². The highest BCUT2D eigenvalue weighted by Crippen LogP contribution is 2.37. The molecular formula is C14H14O2. The third-order valence-corrected chi connectivity index (χ3v) is 3.08. The van der Waals surface area contributed by atoms with E-state index in [0.717, 1.165) is 11.1 Å². The molecule has 2 rings (SSSR count). The van der Waals surface area contributed by atoms with Gasteiger partial charge in [0.2, 0.25) is 0 Å². The number of allylic oxidation sites excluding steroid dienone is 1. The topological polar surface area (TPSA) is 26.3 Å². The molecule has 0 bridgehead atoms. The fraction of sp³-hybridized carbons (Fsp3) is 0.214. The van der Waals surface area contributed by atoms with Crippen LogP contribution in [-0.2, 0) is 14.9 Å². The van der Waals surface area contributed by atoms with Crippen LogP contribution >= 0.6 is 0 Å². The predicted octanol–water partition coefficient (Wildman–Crippen LogP) is 2.70. The maximum absolute atomic E-state index is 12.0. The lowest BCUT2D eigenvalue weighted by Crippen LogP contribution is -2.36. The van der Waals surface area contributed by atoms with Gasteiger partial charge in [-0.1, -0.05) is 42.5 Å². The van der Waals surface area contributed by atoms with Crippen LogP contribution in [0.3, 0.4) is 0 Å². The summed E-state index contributed by atoms with van der Waals surface area (Å²) < 4.78 is 4.90. The first-order chi connectivity index (χ1) is 7.74. The van der Waals surface area contributed by atoms with Crippen LogP contribution in [0.2, 0.25) is 0 Å². The van der Waals surface area contributed by atoms with Gasteiger partial charge in [0.15, 0.2) is 0 Å². The SMILES string of the molecule is C=CC1(C(=O)OC)CC=Cc2ccccc21. The van der Waals surface area contributed by atoms with Crippen molar-refractivity contribution in [1.82, 2.24) is 0 Å². The number of rotatable bonds is 2. The first-order valence-electron chi connectivity index (χ1n) is 5.22. The third-order valence-electron chi connectivity index (χ3n) is 3.08. The molecule has 0 spiro atoms. The molecule has 0 saturated carbocycles. The van der Waals surface area contributed by atoms with Gasteiger partial charge in [-0.15, -0.1) is 6.58 Å². The minimum absolute atomic E-state index is 0.251. The molecule has 0 fully saturated rings. The lowest BCUT2D eigenvalue weighted by Gasteiger charge is -2.31. The number of hydrogen-bond donors (Lipinski definition) is 0. The van der Waals surface area contributed by atoms with Gasteiger partial charge in [0.05, 0.1) is 7.11 Å². The van der Waals surface area contributed by atoms with E-state index in [-0.39, 0.29) is 5.97 Å². The van der Waals surface area contributed by atoms with Crippen LogP contribution < -0.4 is 0 Å². The van der Waals surface area contributed by atoms with Gasteiger partial charge in [-0.3, -0.25) is 4.79 Å². The molecule has 82 valence electrons. The second kappa shape index (κ2) is 3.97. The Labute approximate surface area is 95.2 Å². The number of carbonyl (C=O) groups excluding carboxylic acids is 1. The zero-order chi connectivity index (χ0) is 11.6. The number of hydrogen-bond acceptors (Lipinski definition) is 2. The highest BCUT2D eigenvalue weighted by atomic mass is 16.5. The summed E-state index contributed by atoms with van der Waals surface area (Å²) in [4.78, 5) is 12.0. The first-order valence-corrected chi connectivity index (χ1v) is 5.22. The summed E-state index contributed by atoms with van der Waals surface area (Å²) in [6.07, 6.45) is 6.31. The number of fused-ring (bicyclic) bond motifs is 1. The maximum Gasteiger partial charge on any atom is 0.320 e. The molecule has 1 unspecified atom stereocenters. The summed E-state index contributed by atoms with van der Waals surface area (Å²) in [5.41, 5.74) is 1.30. The van der Waals surface area contributed by atoms with Crippen molar-refractivity contribution in [3.63, 3.8) is 0 Å². The summed E-state index contributed by atoms with van der Waals surface area (Å²) in [6.45, 7) is 3.79. The molecule has 0 aromatic heterocycles. The molecule has 0 N–H and O–H groups in total. The van der Waals surface area contributed by atoms with E-state index < -0.39 is 5.41 Å². The predicted molar refractivity (Wildman–Crippen MR) is 64.0 cm³/mol. The van der Waals surface area contributed by atoms with Crippen LogP contribution in [0, 0.1) is 0 Å². The van der Waals surface area contributed by atoms with E-state index in [9.17, 15) is 4.79 Å². The Hall–Kier alpha value is -1.83. The average molecular weight is 214 g/mol. The lowest BCUT2D eigenvalue weighted by molar-refractivity contribution is -0.145. The van der Waals surface area contributed by atoms with Crippen LogP contribution in [0.25, 0.3) is 6.08 Å². The molecule has 2 heteroatoms. The summed E-state index contributed by atoms with van der Waals surface area (Å²) in [6, 6.07) is 7.84. The standard InChI is InChI=1S/C14H14O2/c1-3-14(13(15)16-2)10-6-8-11-7-4-5-9-12(11)14/h3-9H,1,10H2,2H3. The summed E-state index contributed by atoms with van der Waals surface area (Å²) in [5, 5.41) is 0. The van der Waals surface area contributed by atoms with Crippen LogP contribution in [-0.4, -0.2) is 13.1 Å². The molecule has 2 nitrogen and oxygen atoms in total. The van der Waals surface area contributed by atoms with Crippen molar-refractivity contribution in [2.45, 2.75) is 11.8 Å². The highest BCUT2D eigenvalue weighted by molar-refractivity contribution is 5.88. The van der Waals surface area contributed by atoms with Crippen molar-refractivity contribution in [3.8, 4) is 0 Å². The van der Waals surface area contributed by atoms with E-state index in [2.05, 4.69) is 6.58 Å². The van der Waals surface area contributed by atoms with Crippen molar-refractivity contribution in [2.75, 3.05) is 7.11 Å². The number of esters is 1. The molecule has 0 aliphatic heterocycles. The van der Waals surface area contributed by atoms with Crippen LogP contribution in [0.5, 0.6) is 0 Å². The second-order valence-electron chi connectivity index (χ2n) is 3.86. The monoisotopic (exact) mass is 214 g/mol. The Kier molecular flexibility index (Phi) is 2.65. The van der Waals surface area contributed by atoms with Crippen LogP contribution in [0.4, 0.5) is 0 Å². The lowest BCUT2D eigenvalue weighted by atomic mass is 9.73. The van der Waals surface area contributed by atoms with Gasteiger partial charge >= 0.3 is 5.97 Å². The van der Waals surface area contributed by atoms with Crippen molar-refractivity contribution >= 4 is 12.0 Å². The van der Waals surface area contributed by atoms with Crippen molar-refractivity contribution in [2.24, 2.45) is 0 Å². The Morgan fingerprint density at radius 1 is 1.50 bits per heavy atom. The summed E-state index contributed by atoms with van der Waals surface area (Å²) >= 11 is 0. The van der Waals surface area contributed by atoms with Crippen molar-refractivity contribution in [1.29, 1.82) is 0 Å². The van der Waals surface area contributed by atoms with E-state index in [1.807, 2.05) is 36.4 Å². The van der Waals surface area contributed by atoms with E-state index in [0.29, 0.717) is 6.42 Å². The van der Waals surface area contributed by atoms with E-state index in [4.69, 9.17) is 4.74 Å². The minimum Gasteiger partial charge on any atom is -0.468 e. The Morgan fingerprint density at radius 2 is 2.25 bits per heavy atom. The number of carbonyl (C=O) groups is 1. The van der Waals surface area contributed by atoms with Crippen LogP contribution in [0.1, 0.15) is 17.5 Å². The second-order valence-corrected chi connectivity index (χ2v) is 3.86. The molecular weight excluding hydrogens is 200 g/mol. The van der Waals surface area contributed by atoms with Crippen molar-refractivity contribution in [3.05, 3.63) is 54.1 Å². The fourth-order valence-electron chi connectivity index (χ4n) is 2.18. The van der Waals surface area contributed by atoms with Gasteiger partial charge in [-0.2, -0.15) is 0 Å². The molecule has 0 amide bonds. The van der Waals surface area contributed by atoms with Gasteiger partial charge in [0.1, 0.15) is 5.41 Å². The molecule has 16 heavy (non-hydrogen) atoms. The zero-order valence-electron chi connectivity index (χ0n) is 9.27. The summed E-state index contributed by atoms with van der Waals surface area (Å²) in [7, 11) is 1.41. The molecule has 1 aromatic carbocycles. The normalized spacial score (nSPS) is 22.3.